The van der Waals surface area contributed by atoms with Crippen molar-refractivity contribution in [2.45, 2.75) is 53.4 Å². The molecule has 0 aromatic heterocycles. The van der Waals surface area contributed by atoms with Crippen molar-refractivity contribution in [1.82, 2.24) is 0 Å². The second kappa shape index (κ2) is 17.4. The minimum atomic E-state index is -0.819. The Bertz CT molecular complexity index is 617. The predicted molar refractivity (Wildman–Crippen MR) is 103 cm³/mol. The number of rotatable bonds is 11. The highest BCUT2D eigenvalue weighted by atomic mass is 16.6. The van der Waals surface area contributed by atoms with Gasteiger partial charge in [-0.25, -0.2) is 9.59 Å². The van der Waals surface area contributed by atoms with E-state index in [0.717, 1.165) is 0 Å². The first-order chi connectivity index (χ1) is 13.5. The molecular formula is C20H30O9. The van der Waals surface area contributed by atoms with E-state index in [1.54, 1.807) is 13.0 Å². The number of ether oxygens (including phenoxy) is 3. The lowest BCUT2D eigenvalue weighted by molar-refractivity contribution is -0.159. The number of ketones is 1. The van der Waals surface area contributed by atoms with E-state index in [2.05, 4.69) is 16.1 Å². The topological polar surface area (TPSA) is 133 Å². The molecule has 0 aliphatic heterocycles. The van der Waals surface area contributed by atoms with E-state index in [9.17, 15) is 24.0 Å². The van der Waals surface area contributed by atoms with Crippen LogP contribution in [0.5, 0.6) is 0 Å². The average Bonchev–Trinajstić information content (AvgIpc) is 2.62. The summed E-state index contributed by atoms with van der Waals surface area (Å²) in [5.41, 5.74) is 0.522. The van der Waals surface area contributed by atoms with Crippen LogP contribution in [0.2, 0.25) is 0 Å². The molecule has 0 heterocycles. The van der Waals surface area contributed by atoms with Crippen molar-refractivity contribution >= 4 is 29.7 Å². The van der Waals surface area contributed by atoms with Crippen LogP contribution in [-0.4, -0.2) is 54.6 Å². The van der Waals surface area contributed by atoms with Crippen molar-refractivity contribution in [3.8, 4) is 0 Å². The van der Waals surface area contributed by atoms with Gasteiger partial charge in [0.1, 0.15) is 12.2 Å². The highest BCUT2D eigenvalue weighted by molar-refractivity contribution is 6.01. The predicted octanol–water partition coefficient (Wildman–Crippen LogP) is 1.81. The number of carbonyl (C=O) groups excluding carboxylic acids is 5. The highest BCUT2D eigenvalue weighted by Crippen LogP contribution is 2.01. The van der Waals surface area contributed by atoms with E-state index in [1.165, 1.54) is 13.8 Å². The zero-order valence-corrected chi connectivity index (χ0v) is 17.4. The van der Waals surface area contributed by atoms with Crippen molar-refractivity contribution in [2.24, 2.45) is 0 Å². The second-order valence-electron chi connectivity index (χ2n) is 5.88. The third-order valence-corrected chi connectivity index (χ3v) is 2.93. The van der Waals surface area contributed by atoms with Gasteiger partial charge in [0.05, 0.1) is 6.61 Å². The molecule has 0 aromatic carbocycles. The van der Waals surface area contributed by atoms with Gasteiger partial charge in [-0.15, -0.1) is 0 Å². The lowest BCUT2D eigenvalue weighted by Gasteiger charge is -2.02. The van der Waals surface area contributed by atoms with Gasteiger partial charge in [0, 0.05) is 30.8 Å². The van der Waals surface area contributed by atoms with Gasteiger partial charge >= 0.3 is 23.9 Å². The standard InChI is InChI=1S/C12H18O5.C8H12O4/c1-4-16-7-5-6-9(2)12(15)17-11(14)8-10(3)13;1-6(2)8(11)12-7(10)4-3-5-9/h6H,4-5,7-8H2,1-3H3;9H,1,3-5H2,2H3. The van der Waals surface area contributed by atoms with Crippen LogP contribution in [0.15, 0.2) is 23.8 Å². The summed E-state index contributed by atoms with van der Waals surface area (Å²) in [7, 11) is 0. The van der Waals surface area contributed by atoms with E-state index in [0.29, 0.717) is 31.6 Å². The molecule has 0 aliphatic rings. The summed E-state index contributed by atoms with van der Waals surface area (Å²) in [5, 5.41) is 8.35. The number of aliphatic hydroxyl groups is 1. The Balaban J connectivity index is 0. The van der Waals surface area contributed by atoms with E-state index >= 15 is 0 Å². The zero-order chi connectivity index (χ0) is 22.8. The molecule has 0 saturated heterocycles. The third kappa shape index (κ3) is 18.5. The summed E-state index contributed by atoms with van der Waals surface area (Å²) < 4.78 is 13.9. The smallest absolute Gasteiger partial charge is 0.341 e. The maximum atomic E-state index is 11.3. The lowest BCUT2D eigenvalue weighted by atomic mass is 10.2. The molecule has 29 heavy (non-hydrogen) atoms. The summed E-state index contributed by atoms with van der Waals surface area (Å²) in [5.74, 6) is -3.21. The van der Waals surface area contributed by atoms with Crippen LogP contribution in [0, 0.1) is 0 Å². The molecule has 0 bridgehead atoms. The first-order valence-corrected chi connectivity index (χ1v) is 9.05. The Hall–Kier alpha value is -2.65. The second-order valence-corrected chi connectivity index (χ2v) is 5.88. The summed E-state index contributed by atoms with van der Waals surface area (Å²) >= 11 is 0. The molecule has 0 unspecified atom stereocenters. The minimum Gasteiger partial charge on any atom is -0.396 e. The Labute approximate surface area is 170 Å². The maximum absolute atomic E-state index is 11.3. The average molecular weight is 414 g/mol. The van der Waals surface area contributed by atoms with Crippen LogP contribution >= 0.6 is 0 Å². The summed E-state index contributed by atoms with van der Waals surface area (Å²) in [6.07, 6.45) is 2.20. The molecule has 0 rings (SSSR count). The first-order valence-electron chi connectivity index (χ1n) is 9.05. The minimum absolute atomic E-state index is 0.0511. The lowest BCUT2D eigenvalue weighted by Crippen LogP contribution is -2.15. The Kier molecular flexibility index (Phi) is 17.2. The molecule has 9 nitrogen and oxygen atoms in total. The molecule has 9 heteroatoms. The Morgan fingerprint density at radius 2 is 1.55 bits per heavy atom. The van der Waals surface area contributed by atoms with Crippen molar-refractivity contribution in [1.29, 1.82) is 0 Å². The van der Waals surface area contributed by atoms with E-state index in [4.69, 9.17) is 9.84 Å². The van der Waals surface area contributed by atoms with Crippen LogP contribution in [0.25, 0.3) is 0 Å². The summed E-state index contributed by atoms with van der Waals surface area (Å²) in [4.78, 5) is 54.4. The molecule has 0 aromatic rings. The quantitative estimate of drug-likeness (QED) is 0.232. The van der Waals surface area contributed by atoms with Crippen molar-refractivity contribution in [3.05, 3.63) is 23.8 Å². The fourth-order valence-electron chi connectivity index (χ4n) is 1.47. The van der Waals surface area contributed by atoms with Crippen LogP contribution in [0.4, 0.5) is 0 Å². The number of esters is 4. The summed E-state index contributed by atoms with van der Waals surface area (Å²) in [6.45, 7) is 10.5. The molecule has 0 fully saturated rings. The van der Waals surface area contributed by atoms with Crippen LogP contribution in [-0.2, 0) is 38.2 Å². The van der Waals surface area contributed by atoms with Crippen LogP contribution in [0.3, 0.4) is 0 Å². The SMILES string of the molecule is C=C(C)C(=O)OC(=O)CCCO.CCOCCC=C(C)C(=O)OC(=O)CC(C)=O. The molecule has 0 radical (unpaired) electrons. The Morgan fingerprint density at radius 3 is 2.03 bits per heavy atom. The van der Waals surface area contributed by atoms with Crippen LogP contribution < -0.4 is 0 Å². The normalized spacial score (nSPS) is 10.3. The fraction of sp³-hybridized carbons (Fsp3) is 0.550. The molecule has 164 valence electrons. The molecule has 0 atom stereocenters. The van der Waals surface area contributed by atoms with Gasteiger partial charge in [-0.3, -0.25) is 14.4 Å². The zero-order valence-electron chi connectivity index (χ0n) is 17.4. The third-order valence-electron chi connectivity index (χ3n) is 2.93. The first kappa shape index (κ1) is 28.6. The van der Waals surface area contributed by atoms with Gasteiger partial charge in [0.25, 0.3) is 0 Å². The van der Waals surface area contributed by atoms with E-state index < -0.39 is 23.9 Å². The molecule has 0 saturated carbocycles. The monoisotopic (exact) mass is 414 g/mol. The van der Waals surface area contributed by atoms with Crippen molar-refractivity contribution in [2.75, 3.05) is 19.8 Å². The van der Waals surface area contributed by atoms with E-state index in [-0.39, 0.29) is 30.8 Å². The van der Waals surface area contributed by atoms with Gasteiger partial charge in [-0.1, -0.05) is 12.7 Å². The largest absolute Gasteiger partial charge is 0.396 e. The van der Waals surface area contributed by atoms with Crippen LogP contribution in [0.1, 0.15) is 53.4 Å². The number of aliphatic hydroxyl groups excluding tert-OH is 1. The Morgan fingerprint density at radius 1 is 0.966 bits per heavy atom. The molecule has 0 spiro atoms. The van der Waals surface area contributed by atoms with Gasteiger partial charge in [-0.05, 0) is 40.5 Å². The van der Waals surface area contributed by atoms with Gasteiger partial charge < -0.3 is 19.3 Å². The van der Waals surface area contributed by atoms with Gasteiger partial charge in [0.15, 0.2) is 0 Å². The number of Topliss-reactive ketones (excluding diaryl/α,β-unsaturated/α-hetero) is 1. The molecule has 0 amide bonds. The van der Waals surface area contributed by atoms with Gasteiger partial charge in [0.2, 0.25) is 0 Å². The molecular weight excluding hydrogens is 384 g/mol. The number of carbonyl (C=O) groups is 5. The number of hydrogen-bond donors (Lipinski definition) is 1. The fourth-order valence-corrected chi connectivity index (χ4v) is 1.47. The van der Waals surface area contributed by atoms with Crippen molar-refractivity contribution < 1.29 is 43.3 Å². The van der Waals surface area contributed by atoms with Gasteiger partial charge in [-0.2, -0.15) is 0 Å². The van der Waals surface area contributed by atoms with E-state index in [1.807, 2.05) is 6.92 Å². The maximum Gasteiger partial charge on any atom is 0.341 e. The molecule has 1 N–H and O–H groups in total. The number of hydrogen-bond acceptors (Lipinski definition) is 9. The molecule has 0 aliphatic carbocycles. The highest BCUT2D eigenvalue weighted by Gasteiger charge is 2.13. The van der Waals surface area contributed by atoms with Crippen molar-refractivity contribution in [3.63, 3.8) is 0 Å². The summed E-state index contributed by atoms with van der Waals surface area (Å²) in [6, 6.07) is 0.